The summed E-state index contributed by atoms with van der Waals surface area (Å²) in [6, 6.07) is 10.1. The summed E-state index contributed by atoms with van der Waals surface area (Å²) in [6.45, 7) is 1.59. The van der Waals surface area contributed by atoms with Gasteiger partial charge in [0.15, 0.2) is 12.3 Å². The zero-order valence-electron chi connectivity index (χ0n) is 16.0. The number of nitrogens with zero attached hydrogens (tertiary/aromatic N) is 2. The summed E-state index contributed by atoms with van der Waals surface area (Å²) in [5, 5.41) is 4.80. The monoisotopic (exact) mass is 398 g/mol. The van der Waals surface area contributed by atoms with Gasteiger partial charge < -0.3 is 9.47 Å². The summed E-state index contributed by atoms with van der Waals surface area (Å²) in [5.41, 5.74) is -0.402. The molecule has 2 aromatic carbocycles. The first-order valence-electron chi connectivity index (χ1n) is 9.00. The van der Waals surface area contributed by atoms with Gasteiger partial charge in [0, 0.05) is 11.9 Å². The average molecular weight is 398 g/mol. The highest BCUT2D eigenvalue weighted by Gasteiger charge is 2.20. The molecule has 150 valence electrons. The predicted octanol–water partition coefficient (Wildman–Crippen LogP) is 2.99. The molecule has 0 N–H and O–H groups in total. The molecule has 0 atom stereocenters. The molecule has 0 fully saturated rings. The fraction of sp³-hybridized carbons (Fsp3) is 0.238. The third-order valence-electron chi connectivity index (χ3n) is 4.29. The molecular formula is C21H19FN2O5. The zero-order valence-corrected chi connectivity index (χ0v) is 16.0. The van der Waals surface area contributed by atoms with Crippen LogP contribution in [0.3, 0.4) is 0 Å². The van der Waals surface area contributed by atoms with Crippen molar-refractivity contribution in [3.63, 3.8) is 0 Å². The second-order valence-corrected chi connectivity index (χ2v) is 6.27. The lowest BCUT2D eigenvalue weighted by atomic mass is 10.1. The van der Waals surface area contributed by atoms with E-state index in [1.54, 1.807) is 24.3 Å². The van der Waals surface area contributed by atoms with E-state index < -0.39 is 24.2 Å². The van der Waals surface area contributed by atoms with Crippen molar-refractivity contribution < 1.29 is 23.5 Å². The van der Waals surface area contributed by atoms with Gasteiger partial charge in [-0.15, -0.1) is 0 Å². The maximum absolute atomic E-state index is 13.5. The molecular weight excluding hydrogens is 379 g/mol. The lowest BCUT2D eigenvalue weighted by molar-refractivity contribution is 0.0467. The predicted molar refractivity (Wildman–Crippen MR) is 104 cm³/mol. The van der Waals surface area contributed by atoms with Crippen LogP contribution in [0.4, 0.5) is 4.39 Å². The van der Waals surface area contributed by atoms with Crippen molar-refractivity contribution in [1.29, 1.82) is 0 Å². The van der Waals surface area contributed by atoms with Crippen LogP contribution in [-0.2, 0) is 11.3 Å². The second-order valence-electron chi connectivity index (χ2n) is 6.27. The van der Waals surface area contributed by atoms with E-state index in [2.05, 4.69) is 5.10 Å². The summed E-state index contributed by atoms with van der Waals surface area (Å²) in [6.07, 6.45) is 0.650. The summed E-state index contributed by atoms with van der Waals surface area (Å²) in [5.74, 6) is -1.91. The van der Waals surface area contributed by atoms with E-state index in [1.165, 1.54) is 17.9 Å². The average Bonchev–Trinajstić information content (AvgIpc) is 2.74. The number of benzene rings is 2. The van der Waals surface area contributed by atoms with Crippen molar-refractivity contribution in [3.8, 4) is 5.75 Å². The Morgan fingerprint density at radius 3 is 2.55 bits per heavy atom. The molecule has 0 aliphatic carbocycles. The van der Waals surface area contributed by atoms with Crippen LogP contribution in [0.5, 0.6) is 5.75 Å². The number of ketones is 1. The molecule has 3 rings (SSSR count). The number of hydrogen-bond acceptors (Lipinski definition) is 6. The Bertz CT molecular complexity index is 1140. The maximum Gasteiger partial charge on any atom is 0.359 e. The number of fused-ring (bicyclic) bond motifs is 1. The van der Waals surface area contributed by atoms with Crippen LogP contribution in [-0.4, -0.2) is 35.2 Å². The number of hydrogen-bond donors (Lipinski definition) is 0. The van der Waals surface area contributed by atoms with E-state index in [9.17, 15) is 18.8 Å². The van der Waals surface area contributed by atoms with Crippen molar-refractivity contribution in [3.05, 3.63) is 69.9 Å². The van der Waals surface area contributed by atoms with Crippen LogP contribution < -0.4 is 10.3 Å². The molecule has 1 heterocycles. The number of methoxy groups -OCH3 is 1. The number of esters is 1. The summed E-state index contributed by atoms with van der Waals surface area (Å²) in [4.78, 5) is 37.5. The molecule has 0 aliphatic rings. The number of ether oxygens (including phenoxy) is 2. The van der Waals surface area contributed by atoms with Crippen LogP contribution in [0.2, 0.25) is 0 Å². The van der Waals surface area contributed by atoms with Gasteiger partial charge in [0.05, 0.1) is 18.1 Å². The van der Waals surface area contributed by atoms with Gasteiger partial charge in [-0.25, -0.2) is 13.9 Å². The van der Waals surface area contributed by atoms with Gasteiger partial charge in [-0.3, -0.25) is 9.59 Å². The van der Waals surface area contributed by atoms with Gasteiger partial charge in [0.1, 0.15) is 11.6 Å². The van der Waals surface area contributed by atoms with Crippen molar-refractivity contribution in [2.75, 3.05) is 13.7 Å². The Labute approximate surface area is 165 Å². The fourth-order valence-electron chi connectivity index (χ4n) is 2.92. The van der Waals surface area contributed by atoms with Crippen molar-refractivity contribution >= 4 is 22.5 Å². The minimum atomic E-state index is -0.852. The van der Waals surface area contributed by atoms with Gasteiger partial charge in [-0.05, 0) is 30.7 Å². The first-order chi connectivity index (χ1) is 14.0. The van der Waals surface area contributed by atoms with Crippen LogP contribution >= 0.6 is 0 Å². The number of Topliss-reactive ketones (excluding diaryl/α,β-unsaturated/α-hetero) is 1. The molecule has 1 aromatic heterocycles. The summed E-state index contributed by atoms with van der Waals surface area (Å²) < 4.78 is 24.9. The normalized spacial score (nSPS) is 10.7. The number of carbonyl (C=O) groups excluding carboxylic acids is 2. The Morgan fingerprint density at radius 1 is 1.14 bits per heavy atom. The van der Waals surface area contributed by atoms with Gasteiger partial charge in [-0.1, -0.05) is 25.1 Å². The highest BCUT2D eigenvalue weighted by Crippen LogP contribution is 2.20. The van der Waals surface area contributed by atoms with Crippen molar-refractivity contribution in [2.24, 2.45) is 0 Å². The van der Waals surface area contributed by atoms with Gasteiger partial charge in [0.25, 0.3) is 5.56 Å². The van der Waals surface area contributed by atoms with Crippen molar-refractivity contribution in [2.45, 2.75) is 19.9 Å². The van der Waals surface area contributed by atoms with Gasteiger partial charge >= 0.3 is 5.97 Å². The van der Waals surface area contributed by atoms with Crippen LogP contribution in [0.15, 0.2) is 47.3 Å². The Morgan fingerprint density at radius 2 is 1.86 bits per heavy atom. The minimum absolute atomic E-state index is 0.0333. The number of carbonyl (C=O) groups is 2. The summed E-state index contributed by atoms with van der Waals surface area (Å²) in [7, 11) is 1.35. The summed E-state index contributed by atoms with van der Waals surface area (Å²) >= 11 is 0. The van der Waals surface area contributed by atoms with E-state index in [0.29, 0.717) is 23.7 Å². The molecule has 29 heavy (non-hydrogen) atoms. The molecule has 7 nitrogen and oxygen atoms in total. The lowest BCUT2D eigenvalue weighted by Gasteiger charge is -2.11. The van der Waals surface area contributed by atoms with E-state index in [0.717, 1.165) is 12.1 Å². The number of aromatic nitrogens is 2. The Kier molecular flexibility index (Phi) is 6.01. The number of rotatable bonds is 7. The molecule has 0 unspecified atom stereocenters. The fourth-order valence-corrected chi connectivity index (χ4v) is 2.92. The van der Waals surface area contributed by atoms with E-state index in [4.69, 9.17) is 9.47 Å². The van der Waals surface area contributed by atoms with Crippen LogP contribution in [0.25, 0.3) is 10.8 Å². The quantitative estimate of drug-likeness (QED) is 0.449. The molecule has 0 saturated carbocycles. The first kappa shape index (κ1) is 20.2. The molecule has 0 saturated heterocycles. The standard InChI is InChI=1S/C21H19FN2O5/c1-3-10-24-20(26)15-7-5-4-6-14(15)19(23-24)21(27)29-12-17(25)16-11-13(22)8-9-18(16)28-2/h4-9,11H,3,10,12H2,1-2H3. The molecule has 3 aromatic rings. The first-order valence-corrected chi connectivity index (χ1v) is 9.00. The number of aryl methyl sites for hydroxylation is 1. The molecule has 0 spiro atoms. The third kappa shape index (κ3) is 4.16. The van der Waals surface area contributed by atoms with E-state index in [1.807, 2.05) is 6.92 Å². The van der Waals surface area contributed by atoms with Gasteiger partial charge in [-0.2, -0.15) is 5.10 Å². The van der Waals surface area contributed by atoms with Crippen LogP contribution in [0.1, 0.15) is 34.2 Å². The molecule has 0 amide bonds. The highest BCUT2D eigenvalue weighted by atomic mass is 19.1. The largest absolute Gasteiger partial charge is 0.496 e. The molecule has 0 bridgehead atoms. The second kappa shape index (κ2) is 8.64. The van der Waals surface area contributed by atoms with Gasteiger partial charge in [0.2, 0.25) is 5.78 Å². The van der Waals surface area contributed by atoms with E-state index in [-0.39, 0.29) is 22.6 Å². The SMILES string of the molecule is CCCn1nc(C(=O)OCC(=O)c2cc(F)ccc2OC)c2ccccc2c1=O. The maximum atomic E-state index is 13.5. The molecule has 0 aliphatic heterocycles. The smallest absolute Gasteiger partial charge is 0.359 e. The third-order valence-corrected chi connectivity index (χ3v) is 4.29. The topological polar surface area (TPSA) is 87.5 Å². The Hall–Kier alpha value is -3.55. The highest BCUT2D eigenvalue weighted by molar-refractivity contribution is 6.04. The lowest BCUT2D eigenvalue weighted by Crippen LogP contribution is -2.27. The molecule has 0 radical (unpaired) electrons. The van der Waals surface area contributed by atoms with E-state index >= 15 is 0 Å². The Balaban J connectivity index is 1.89. The minimum Gasteiger partial charge on any atom is -0.496 e. The number of halogens is 1. The van der Waals surface area contributed by atoms with Crippen LogP contribution in [0, 0.1) is 5.82 Å². The molecule has 8 heteroatoms. The zero-order chi connectivity index (χ0) is 21.0. The van der Waals surface area contributed by atoms with Crippen molar-refractivity contribution in [1.82, 2.24) is 9.78 Å².